The fourth-order valence-electron chi connectivity index (χ4n) is 2.91. The van der Waals surface area contributed by atoms with Gasteiger partial charge in [0, 0.05) is 24.0 Å². The van der Waals surface area contributed by atoms with Crippen molar-refractivity contribution in [3.05, 3.63) is 53.9 Å². The first-order valence-corrected chi connectivity index (χ1v) is 10.7. The second-order valence-corrected chi connectivity index (χ2v) is 8.50. The van der Waals surface area contributed by atoms with E-state index in [0.29, 0.717) is 16.9 Å². The first-order chi connectivity index (χ1) is 13.9. The molecule has 0 aliphatic rings. The molecule has 3 aromatic rings. The summed E-state index contributed by atoms with van der Waals surface area (Å²) in [6.07, 6.45) is 3.51. The van der Waals surface area contributed by atoms with Crippen LogP contribution in [0.1, 0.15) is 31.9 Å². The normalized spacial score (nSPS) is 12.2. The number of hydrogen-bond acceptors (Lipinski definition) is 5. The zero-order valence-corrected chi connectivity index (χ0v) is 18.3. The Bertz CT molecular complexity index is 984. The van der Waals surface area contributed by atoms with Crippen molar-refractivity contribution in [2.75, 3.05) is 5.75 Å². The number of hydrogen-bond donors (Lipinski definition) is 1. The van der Waals surface area contributed by atoms with Gasteiger partial charge in [0.25, 0.3) is 0 Å². The van der Waals surface area contributed by atoms with Crippen molar-refractivity contribution in [3.63, 3.8) is 0 Å². The van der Waals surface area contributed by atoms with E-state index in [1.165, 1.54) is 17.3 Å². The predicted octanol–water partition coefficient (Wildman–Crippen LogP) is 4.20. The van der Waals surface area contributed by atoms with Gasteiger partial charge in [0.15, 0.2) is 11.0 Å². The molecule has 0 saturated heterocycles. The smallest absolute Gasteiger partial charge is 0.230 e. The van der Waals surface area contributed by atoms with Gasteiger partial charge in [-0.15, -0.1) is 10.2 Å². The summed E-state index contributed by atoms with van der Waals surface area (Å²) in [4.78, 5) is 16.6. The Hall–Kier alpha value is -2.67. The van der Waals surface area contributed by atoms with E-state index >= 15 is 0 Å². The molecule has 0 fully saturated rings. The molecule has 0 saturated carbocycles. The van der Waals surface area contributed by atoms with E-state index in [9.17, 15) is 4.79 Å². The van der Waals surface area contributed by atoms with Crippen LogP contribution >= 0.6 is 11.8 Å². The number of pyridine rings is 1. The van der Waals surface area contributed by atoms with E-state index < -0.39 is 0 Å². The lowest BCUT2D eigenvalue weighted by Gasteiger charge is -2.17. The van der Waals surface area contributed by atoms with Crippen LogP contribution in [0.2, 0.25) is 0 Å². The van der Waals surface area contributed by atoms with Crippen LogP contribution in [0.15, 0.2) is 47.9 Å². The Balaban J connectivity index is 1.93. The second-order valence-electron chi connectivity index (χ2n) is 7.56. The maximum Gasteiger partial charge on any atom is 0.230 e. The molecule has 2 aromatic heterocycles. The minimum Gasteiger partial charge on any atom is -0.353 e. The highest BCUT2D eigenvalue weighted by Gasteiger charge is 2.19. The van der Waals surface area contributed by atoms with Crippen LogP contribution in [0.25, 0.3) is 17.1 Å². The Kier molecular flexibility index (Phi) is 6.69. The summed E-state index contributed by atoms with van der Waals surface area (Å²) >= 11 is 1.39. The van der Waals surface area contributed by atoms with Crippen LogP contribution in [-0.2, 0) is 4.79 Å². The standard InChI is InChI=1S/C22H27N5OS/c1-14(2)17(5)24-20(28)13-29-22-26-25-21(18-7-6-10-23-12-18)27(22)19-9-8-15(3)11-16(19)4/h6-12,14,17H,13H2,1-5H3,(H,24,28). The molecule has 1 aromatic carbocycles. The number of carbonyl (C=O) groups is 1. The van der Waals surface area contributed by atoms with Gasteiger partial charge in [-0.2, -0.15) is 0 Å². The van der Waals surface area contributed by atoms with Crippen molar-refractivity contribution in [2.24, 2.45) is 5.92 Å². The number of thioether (sulfide) groups is 1. The summed E-state index contributed by atoms with van der Waals surface area (Å²) in [5, 5.41) is 12.5. The zero-order chi connectivity index (χ0) is 21.0. The third-order valence-corrected chi connectivity index (χ3v) is 5.80. The van der Waals surface area contributed by atoms with Gasteiger partial charge in [0.1, 0.15) is 0 Å². The van der Waals surface area contributed by atoms with Crippen LogP contribution in [0.3, 0.4) is 0 Å². The molecule has 6 nitrogen and oxygen atoms in total. The molecule has 3 rings (SSSR count). The van der Waals surface area contributed by atoms with E-state index in [2.05, 4.69) is 66.4 Å². The second kappa shape index (κ2) is 9.22. The Labute approximate surface area is 176 Å². The largest absolute Gasteiger partial charge is 0.353 e. The average molecular weight is 410 g/mol. The molecule has 152 valence electrons. The number of nitrogens with one attached hydrogen (secondary N) is 1. The molecule has 1 N–H and O–H groups in total. The van der Waals surface area contributed by atoms with Gasteiger partial charge in [-0.25, -0.2) is 0 Å². The van der Waals surface area contributed by atoms with E-state index in [-0.39, 0.29) is 17.7 Å². The van der Waals surface area contributed by atoms with Crippen molar-refractivity contribution in [1.82, 2.24) is 25.1 Å². The van der Waals surface area contributed by atoms with E-state index in [1.807, 2.05) is 23.6 Å². The van der Waals surface area contributed by atoms with E-state index in [1.54, 1.807) is 12.4 Å². The molecule has 7 heteroatoms. The lowest BCUT2D eigenvalue weighted by atomic mass is 10.1. The highest BCUT2D eigenvalue weighted by molar-refractivity contribution is 7.99. The fourth-order valence-corrected chi connectivity index (χ4v) is 3.67. The number of carbonyl (C=O) groups excluding carboxylic acids is 1. The Morgan fingerprint density at radius 1 is 1.17 bits per heavy atom. The van der Waals surface area contributed by atoms with E-state index in [0.717, 1.165) is 16.8 Å². The van der Waals surface area contributed by atoms with Crippen molar-refractivity contribution < 1.29 is 4.79 Å². The van der Waals surface area contributed by atoms with Crippen molar-refractivity contribution in [1.29, 1.82) is 0 Å². The molecule has 1 unspecified atom stereocenters. The van der Waals surface area contributed by atoms with Gasteiger partial charge in [0.05, 0.1) is 11.4 Å². The summed E-state index contributed by atoms with van der Waals surface area (Å²) in [6, 6.07) is 10.2. The first kappa shape index (κ1) is 21.0. The molecule has 1 amide bonds. The molecule has 0 bridgehead atoms. The van der Waals surface area contributed by atoms with Crippen molar-refractivity contribution >= 4 is 17.7 Å². The maximum absolute atomic E-state index is 12.4. The van der Waals surface area contributed by atoms with Gasteiger partial charge < -0.3 is 5.32 Å². The minimum absolute atomic E-state index is 0.00527. The Morgan fingerprint density at radius 2 is 1.97 bits per heavy atom. The number of amides is 1. The van der Waals surface area contributed by atoms with Gasteiger partial charge in [-0.1, -0.05) is 43.3 Å². The molecule has 0 aliphatic carbocycles. The van der Waals surface area contributed by atoms with Crippen LogP contribution in [0, 0.1) is 19.8 Å². The molecule has 1 atom stereocenters. The lowest BCUT2D eigenvalue weighted by Crippen LogP contribution is -2.37. The quantitative estimate of drug-likeness (QED) is 0.592. The van der Waals surface area contributed by atoms with Gasteiger partial charge in [0.2, 0.25) is 5.91 Å². The van der Waals surface area contributed by atoms with E-state index in [4.69, 9.17) is 0 Å². The van der Waals surface area contributed by atoms with Gasteiger partial charge in [-0.3, -0.25) is 14.3 Å². The zero-order valence-electron chi connectivity index (χ0n) is 17.5. The van der Waals surface area contributed by atoms with Crippen molar-refractivity contribution in [2.45, 2.75) is 45.8 Å². The molecule has 0 radical (unpaired) electrons. The SMILES string of the molecule is Cc1ccc(-n2c(SCC(=O)NC(C)C(C)C)nnc2-c2cccnc2)c(C)c1. The number of rotatable bonds is 7. The molecule has 2 heterocycles. The topological polar surface area (TPSA) is 72.7 Å². The maximum atomic E-state index is 12.4. The van der Waals surface area contributed by atoms with Gasteiger partial charge in [-0.05, 0) is 50.5 Å². The molecular formula is C22H27N5OS. The van der Waals surface area contributed by atoms with Crippen LogP contribution in [0.5, 0.6) is 0 Å². The number of benzene rings is 1. The first-order valence-electron chi connectivity index (χ1n) is 9.72. The highest BCUT2D eigenvalue weighted by atomic mass is 32.2. The van der Waals surface area contributed by atoms with Crippen LogP contribution in [-0.4, -0.2) is 37.5 Å². The van der Waals surface area contributed by atoms with Gasteiger partial charge >= 0.3 is 0 Å². The summed E-state index contributed by atoms with van der Waals surface area (Å²) in [5.74, 6) is 1.38. The Morgan fingerprint density at radius 3 is 2.62 bits per heavy atom. The summed E-state index contributed by atoms with van der Waals surface area (Å²) in [6.45, 7) is 10.3. The van der Waals surface area contributed by atoms with Crippen LogP contribution < -0.4 is 5.32 Å². The molecule has 0 aliphatic heterocycles. The summed E-state index contributed by atoms with van der Waals surface area (Å²) in [5.41, 5.74) is 4.19. The minimum atomic E-state index is -0.00527. The summed E-state index contributed by atoms with van der Waals surface area (Å²) < 4.78 is 2.01. The lowest BCUT2D eigenvalue weighted by molar-refractivity contribution is -0.119. The predicted molar refractivity (Wildman–Crippen MR) is 117 cm³/mol. The average Bonchev–Trinajstić information content (AvgIpc) is 3.10. The van der Waals surface area contributed by atoms with Crippen molar-refractivity contribution in [3.8, 4) is 17.1 Å². The highest BCUT2D eigenvalue weighted by Crippen LogP contribution is 2.29. The fraction of sp³-hybridized carbons (Fsp3) is 0.364. The number of aromatic nitrogens is 4. The monoisotopic (exact) mass is 409 g/mol. The third kappa shape index (κ3) is 5.03. The summed E-state index contributed by atoms with van der Waals surface area (Å²) in [7, 11) is 0. The van der Waals surface area contributed by atoms with Crippen LogP contribution in [0.4, 0.5) is 0 Å². The third-order valence-electron chi connectivity index (χ3n) is 4.87. The molecule has 0 spiro atoms. The molecule has 29 heavy (non-hydrogen) atoms. The molecular weight excluding hydrogens is 382 g/mol. The number of nitrogens with zero attached hydrogens (tertiary/aromatic N) is 4. The number of aryl methyl sites for hydroxylation is 2.